The molecule has 0 saturated carbocycles. The average Bonchev–Trinajstić information content (AvgIpc) is 2.78. The van der Waals surface area contributed by atoms with Gasteiger partial charge < -0.3 is 14.8 Å². The molecule has 3 aromatic rings. The fourth-order valence-corrected chi connectivity index (χ4v) is 3.41. The van der Waals surface area contributed by atoms with Gasteiger partial charge in [-0.05, 0) is 42.5 Å². The molecule has 0 atom stereocenters. The van der Waals surface area contributed by atoms with Crippen molar-refractivity contribution in [3.63, 3.8) is 0 Å². The van der Waals surface area contributed by atoms with Crippen molar-refractivity contribution in [3.05, 3.63) is 59.8 Å². The number of aromatic nitrogens is 2. The molecular weight excluding hydrogens is 374 g/mol. The molecule has 5 heteroatoms. The van der Waals surface area contributed by atoms with E-state index in [-0.39, 0.29) is 0 Å². The van der Waals surface area contributed by atoms with Crippen molar-refractivity contribution in [3.8, 4) is 28.3 Å². The molecule has 1 aliphatic carbocycles. The van der Waals surface area contributed by atoms with Gasteiger partial charge in [0.1, 0.15) is 17.7 Å². The van der Waals surface area contributed by atoms with Gasteiger partial charge in [0.2, 0.25) is 0 Å². The fraction of sp³-hybridized carbons (Fsp3) is 0.320. The van der Waals surface area contributed by atoms with Crippen molar-refractivity contribution in [2.45, 2.75) is 33.1 Å². The lowest BCUT2D eigenvalue weighted by Crippen LogP contribution is -2.11. The van der Waals surface area contributed by atoms with Gasteiger partial charge in [-0.25, -0.2) is 9.97 Å². The smallest absolute Gasteiger partial charge is 0.152 e. The molecule has 0 unspecified atom stereocenters. The molecule has 0 bridgehead atoms. The number of aldehydes is 1. The number of rotatable bonds is 5. The Morgan fingerprint density at radius 3 is 2.43 bits per heavy atom. The Morgan fingerprint density at radius 1 is 1.07 bits per heavy atom. The van der Waals surface area contributed by atoms with Crippen molar-refractivity contribution < 1.29 is 9.53 Å². The summed E-state index contributed by atoms with van der Waals surface area (Å²) in [7, 11) is 3.59. The van der Waals surface area contributed by atoms with E-state index in [1.807, 2.05) is 45.2 Å². The first kappa shape index (κ1) is 21.5. The minimum Gasteiger partial charge on any atom is -0.497 e. The summed E-state index contributed by atoms with van der Waals surface area (Å²) in [5, 5.41) is 3.19. The Balaban J connectivity index is 0.000000377. The summed E-state index contributed by atoms with van der Waals surface area (Å²) in [5.74, 6) is 2.25. The van der Waals surface area contributed by atoms with Crippen LogP contribution in [-0.4, -0.2) is 30.4 Å². The van der Waals surface area contributed by atoms with Gasteiger partial charge in [0.05, 0.1) is 18.5 Å². The van der Waals surface area contributed by atoms with Gasteiger partial charge in [0.25, 0.3) is 0 Å². The van der Waals surface area contributed by atoms with Gasteiger partial charge in [-0.15, -0.1) is 0 Å². The quantitative estimate of drug-likeness (QED) is 0.594. The van der Waals surface area contributed by atoms with Crippen LogP contribution in [-0.2, 0) is 17.6 Å². The van der Waals surface area contributed by atoms with Crippen LogP contribution in [0.3, 0.4) is 0 Å². The molecule has 0 amide bonds. The number of benzene rings is 2. The lowest BCUT2D eigenvalue weighted by atomic mass is 9.91. The summed E-state index contributed by atoms with van der Waals surface area (Å²) in [4.78, 5) is 19.4. The monoisotopic (exact) mass is 403 g/mol. The first-order chi connectivity index (χ1) is 14.6. The SMILES string of the molecule is CC(C)CC=O.CNc1nc2c(nc1-c1ccccc1)-c1ccc(OC)cc1CC2. The molecule has 1 aliphatic rings. The van der Waals surface area contributed by atoms with Crippen LogP contribution in [0.5, 0.6) is 5.75 Å². The van der Waals surface area contributed by atoms with Gasteiger partial charge >= 0.3 is 0 Å². The summed E-state index contributed by atoms with van der Waals surface area (Å²) >= 11 is 0. The molecule has 156 valence electrons. The van der Waals surface area contributed by atoms with Crippen LogP contribution in [0, 0.1) is 5.92 Å². The van der Waals surface area contributed by atoms with Crippen LogP contribution >= 0.6 is 0 Å². The summed E-state index contributed by atoms with van der Waals surface area (Å²) in [5.41, 5.74) is 6.42. The number of fused-ring (bicyclic) bond motifs is 3. The van der Waals surface area contributed by atoms with Gasteiger partial charge in [0.15, 0.2) is 5.82 Å². The van der Waals surface area contributed by atoms with Gasteiger partial charge in [-0.3, -0.25) is 0 Å². The van der Waals surface area contributed by atoms with Gasteiger partial charge in [-0.1, -0.05) is 44.2 Å². The third-order valence-corrected chi connectivity index (χ3v) is 5.02. The molecule has 1 aromatic heterocycles. The Bertz CT molecular complexity index is 1000. The Morgan fingerprint density at radius 2 is 1.83 bits per heavy atom. The normalized spacial score (nSPS) is 11.6. The lowest BCUT2D eigenvalue weighted by Gasteiger charge is -2.21. The third-order valence-electron chi connectivity index (χ3n) is 5.02. The average molecular weight is 404 g/mol. The molecule has 0 radical (unpaired) electrons. The summed E-state index contributed by atoms with van der Waals surface area (Å²) < 4.78 is 5.35. The number of nitrogens with zero attached hydrogens (tertiary/aromatic N) is 2. The number of carbonyl (C=O) groups excluding carboxylic acids is 1. The van der Waals surface area contributed by atoms with Crippen molar-refractivity contribution in [1.82, 2.24) is 9.97 Å². The minimum absolute atomic E-state index is 0.530. The molecule has 4 rings (SSSR count). The second kappa shape index (κ2) is 10.0. The molecule has 0 aliphatic heterocycles. The first-order valence-electron chi connectivity index (χ1n) is 10.3. The minimum atomic E-state index is 0.530. The summed E-state index contributed by atoms with van der Waals surface area (Å²) in [6.07, 6.45) is 3.50. The number of hydrogen-bond donors (Lipinski definition) is 1. The Labute approximate surface area is 178 Å². The predicted octanol–water partition coefficient (Wildman–Crippen LogP) is 5.19. The second-order valence-corrected chi connectivity index (χ2v) is 7.65. The van der Waals surface area contributed by atoms with Gasteiger partial charge in [0, 0.05) is 24.6 Å². The van der Waals surface area contributed by atoms with E-state index >= 15 is 0 Å². The van der Waals surface area contributed by atoms with E-state index in [1.165, 1.54) is 5.56 Å². The Hall–Kier alpha value is -3.21. The number of anilines is 1. The lowest BCUT2D eigenvalue weighted by molar-refractivity contribution is -0.108. The Kier molecular flexibility index (Phi) is 7.17. The number of aryl methyl sites for hydroxylation is 2. The van der Waals surface area contributed by atoms with E-state index in [4.69, 9.17) is 14.7 Å². The van der Waals surface area contributed by atoms with Crippen molar-refractivity contribution in [1.29, 1.82) is 0 Å². The highest BCUT2D eigenvalue weighted by atomic mass is 16.5. The zero-order chi connectivity index (χ0) is 21.5. The molecule has 1 N–H and O–H groups in total. The first-order valence-corrected chi connectivity index (χ1v) is 10.3. The number of carbonyl (C=O) groups is 1. The number of methoxy groups -OCH3 is 1. The highest BCUT2D eigenvalue weighted by Crippen LogP contribution is 2.36. The topological polar surface area (TPSA) is 64.1 Å². The molecule has 30 heavy (non-hydrogen) atoms. The zero-order valence-electron chi connectivity index (χ0n) is 18.1. The molecule has 2 aromatic carbocycles. The van der Waals surface area contributed by atoms with Crippen molar-refractivity contribution >= 4 is 12.1 Å². The largest absolute Gasteiger partial charge is 0.497 e. The van der Waals surface area contributed by atoms with Crippen LogP contribution in [0.2, 0.25) is 0 Å². The molecule has 0 fully saturated rings. The van der Waals surface area contributed by atoms with Crippen molar-refractivity contribution in [2.24, 2.45) is 5.92 Å². The van der Waals surface area contributed by atoms with E-state index in [1.54, 1.807) is 7.11 Å². The number of ether oxygens (including phenoxy) is 1. The summed E-state index contributed by atoms with van der Waals surface area (Å²) in [6, 6.07) is 16.4. The second-order valence-electron chi connectivity index (χ2n) is 7.65. The standard InChI is InChI=1S/C20H19N3O.C5H10O/c1-21-20-18(13-6-4-3-5-7-13)23-19-16-10-9-15(24-2)12-14(16)8-11-17(19)22-20;1-5(2)3-4-6/h3-7,9-10,12H,8,11H2,1-2H3,(H,21,22);4-5H,3H2,1-2H3. The van der Waals surface area contributed by atoms with Crippen molar-refractivity contribution in [2.75, 3.05) is 19.5 Å². The van der Waals surface area contributed by atoms with Crippen LogP contribution in [0.4, 0.5) is 5.82 Å². The maximum Gasteiger partial charge on any atom is 0.152 e. The molecule has 0 spiro atoms. The van der Waals surface area contributed by atoms with Gasteiger partial charge in [-0.2, -0.15) is 0 Å². The van der Waals surface area contributed by atoms with E-state index in [0.29, 0.717) is 12.3 Å². The van der Waals surface area contributed by atoms with Crippen LogP contribution in [0.25, 0.3) is 22.5 Å². The zero-order valence-corrected chi connectivity index (χ0v) is 18.1. The van der Waals surface area contributed by atoms with E-state index in [9.17, 15) is 4.79 Å². The summed E-state index contributed by atoms with van der Waals surface area (Å²) in [6.45, 7) is 4.04. The highest BCUT2D eigenvalue weighted by molar-refractivity contribution is 5.77. The maximum atomic E-state index is 9.62. The molecule has 1 heterocycles. The molecular formula is C25H29N3O2. The highest BCUT2D eigenvalue weighted by Gasteiger charge is 2.22. The van der Waals surface area contributed by atoms with E-state index in [0.717, 1.165) is 58.9 Å². The van der Waals surface area contributed by atoms with E-state index < -0.39 is 0 Å². The number of nitrogens with one attached hydrogen (secondary N) is 1. The van der Waals surface area contributed by atoms with Crippen LogP contribution in [0.1, 0.15) is 31.5 Å². The predicted molar refractivity (Wildman–Crippen MR) is 122 cm³/mol. The fourth-order valence-electron chi connectivity index (χ4n) is 3.41. The van der Waals surface area contributed by atoms with Crippen LogP contribution < -0.4 is 10.1 Å². The van der Waals surface area contributed by atoms with Crippen LogP contribution in [0.15, 0.2) is 48.5 Å². The maximum absolute atomic E-state index is 9.62. The van der Waals surface area contributed by atoms with E-state index in [2.05, 4.69) is 29.6 Å². The number of hydrogen-bond acceptors (Lipinski definition) is 5. The molecule has 5 nitrogen and oxygen atoms in total. The third kappa shape index (κ3) is 4.85. The molecule has 0 saturated heterocycles.